The first-order valence-corrected chi connectivity index (χ1v) is 9.66. The molecule has 8 heteroatoms. The summed E-state index contributed by atoms with van der Waals surface area (Å²) < 4.78 is 5.40. The van der Waals surface area contributed by atoms with Crippen LogP contribution >= 0.6 is 11.3 Å². The predicted molar refractivity (Wildman–Crippen MR) is 92.3 cm³/mol. The highest BCUT2D eigenvalue weighted by Crippen LogP contribution is 2.35. The van der Waals surface area contributed by atoms with Crippen LogP contribution < -0.4 is 10.6 Å². The van der Waals surface area contributed by atoms with Gasteiger partial charge in [0.15, 0.2) is 0 Å². The van der Waals surface area contributed by atoms with Gasteiger partial charge in [-0.1, -0.05) is 30.6 Å². The molecule has 2 saturated carbocycles. The van der Waals surface area contributed by atoms with Gasteiger partial charge in [-0.3, -0.25) is 5.32 Å². The fraction of sp³-hybridized carbons (Fsp3) is 0.812. The van der Waals surface area contributed by atoms with E-state index in [0.29, 0.717) is 23.6 Å². The van der Waals surface area contributed by atoms with Gasteiger partial charge in [-0.25, -0.2) is 4.79 Å². The molecule has 2 aliphatic carbocycles. The molecule has 2 amide bonds. The number of nitrogens with zero attached hydrogens (tertiary/aromatic N) is 2. The minimum atomic E-state index is -0.693. The van der Waals surface area contributed by atoms with Crippen LogP contribution in [0.2, 0.25) is 0 Å². The zero-order valence-electron chi connectivity index (χ0n) is 13.9. The molecule has 2 fully saturated rings. The van der Waals surface area contributed by atoms with E-state index in [9.17, 15) is 9.90 Å². The Morgan fingerprint density at radius 1 is 1.25 bits per heavy atom. The van der Waals surface area contributed by atoms with E-state index in [1.807, 2.05) is 0 Å². The molecule has 0 radical (unpaired) electrons. The number of aliphatic hydroxyl groups is 1. The van der Waals surface area contributed by atoms with E-state index in [2.05, 4.69) is 20.8 Å². The highest BCUT2D eigenvalue weighted by Gasteiger charge is 2.22. The van der Waals surface area contributed by atoms with Gasteiger partial charge in [-0.15, -0.1) is 10.2 Å². The van der Waals surface area contributed by atoms with Crippen LogP contribution in [0.5, 0.6) is 0 Å². The monoisotopic (exact) mass is 354 g/mol. The lowest BCUT2D eigenvalue weighted by Gasteiger charge is -2.18. The molecule has 1 atom stereocenters. The molecular formula is C16H26N4O3S. The largest absolute Gasteiger partial charge is 0.389 e. The highest BCUT2D eigenvalue weighted by atomic mass is 32.1. The number of carbonyl (C=O) groups is 1. The maximum atomic E-state index is 11.9. The van der Waals surface area contributed by atoms with E-state index in [4.69, 9.17) is 4.74 Å². The smallest absolute Gasteiger partial charge is 0.321 e. The number of rotatable bonds is 8. The first-order valence-electron chi connectivity index (χ1n) is 8.85. The van der Waals surface area contributed by atoms with Crippen molar-refractivity contribution in [3.8, 4) is 0 Å². The van der Waals surface area contributed by atoms with Gasteiger partial charge in [-0.05, 0) is 31.6 Å². The number of hydrogen-bond acceptors (Lipinski definition) is 6. The van der Waals surface area contributed by atoms with Crippen molar-refractivity contribution in [1.29, 1.82) is 0 Å². The van der Waals surface area contributed by atoms with Crippen LogP contribution in [-0.2, 0) is 4.74 Å². The van der Waals surface area contributed by atoms with Crippen LogP contribution in [0, 0.1) is 5.92 Å². The van der Waals surface area contributed by atoms with Gasteiger partial charge in [0, 0.05) is 19.1 Å². The summed E-state index contributed by atoms with van der Waals surface area (Å²) in [6.45, 7) is 1.12. The number of aliphatic hydroxyl groups excluding tert-OH is 1. The van der Waals surface area contributed by atoms with Gasteiger partial charge >= 0.3 is 6.03 Å². The van der Waals surface area contributed by atoms with E-state index in [1.165, 1.54) is 43.4 Å². The van der Waals surface area contributed by atoms with Gasteiger partial charge in [-0.2, -0.15) is 0 Å². The second kappa shape index (κ2) is 8.73. The summed E-state index contributed by atoms with van der Waals surface area (Å²) in [6, 6.07) is -0.373. The Morgan fingerprint density at radius 3 is 2.79 bits per heavy atom. The molecule has 1 heterocycles. The van der Waals surface area contributed by atoms with E-state index >= 15 is 0 Å². The summed E-state index contributed by atoms with van der Waals surface area (Å²) in [6.07, 6.45) is 7.87. The molecule has 0 spiro atoms. The minimum Gasteiger partial charge on any atom is -0.389 e. The van der Waals surface area contributed by atoms with Gasteiger partial charge in [0.2, 0.25) is 5.13 Å². The van der Waals surface area contributed by atoms with Crippen molar-refractivity contribution in [2.75, 3.05) is 25.1 Å². The van der Waals surface area contributed by atoms with E-state index in [-0.39, 0.29) is 19.2 Å². The fourth-order valence-corrected chi connectivity index (χ4v) is 3.77. The Kier molecular flexibility index (Phi) is 6.39. The molecule has 2 aliphatic rings. The average Bonchev–Trinajstić information content (AvgIpc) is 3.30. The lowest BCUT2D eigenvalue weighted by Crippen LogP contribution is -2.37. The molecule has 7 nitrogen and oxygen atoms in total. The van der Waals surface area contributed by atoms with Crippen LogP contribution in [0.25, 0.3) is 0 Å². The van der Waals surface area contributed by atoms with Crippen molar-refractivity contribution in [2.45, 2.75) is 57.0 Å². The summed E-state index contributed by atoms with van der Waals surface area (Å²) in [7, 11) is 0. The summed E-state index contributed by atoms with van der Waals surface area (Å²) in [5.74, 6) is 1.16. The fourth-order valence-electron chi connectivity index (χ4n) is 2.87. The number of anilines is 1. The Labute approximate surface area is 146 Å². The molecule has 1 unspecified atom stereocenters. The lowest BCUT2D eigenvalue weighted by molar-refractivity contribution is 0.0339. The minimum absolute atomic E-state index is 0.158. The van der Waals surface area contributed by atoms with Crippen LogP contribution in [0.1, 0.15) is 55.9 Å². The lowest BCUT2D eigenvalue weighted by atomic mass is 9.90. The number of ether oxygens (including phenoxy) is 1. The summed E-state index contributed by atoms with van der Waals surface area (Å²) in [5, 5.41) is 24.9. The van der Waals surface area contributed by atoms with Gasteiger partial charge in [0.1, 0.15) is 5.01 Å². The van der Waals surface area contributed by atoms with Gasteiger partial charge in [0.25, 0.3) is 0 Å². The summed E-state index contributed by atoms with van der Waals surface area (Å²) in [5.41, 5.74) is 0. The number of nitrogens with one attached hydrogen (secondary N) is 2. The van der Waals surface area contributed by atoms with Crippen LogP contribution in [0.15, 0.2) is 0 Å². The van der Waals surface area contributed by atoms with Crippen molar-refractivity contribution in [1.82, 2.24) is 15.5 Å². The molecule has 134 valence electrons. The average molecular weight is 354 g/mol. The molecule has 0 saturated heterocycles. The quantitative estimate of drug-likeness (QED) is 0.666. The predicted octanol–water partition coefficient (Wildman–Crippen LogP) is 2.49. The van der Waals surface area contributed by atoms with Crippen molar-refractivity contribution in [2.24, 2.45) is 5.92 Å². The molecule has 0 bridgehead atoms. The van der Waals surface area contributed by atoms with Crippen molar-refractivity contribution < 1.29 is 14.6 Å². The van der Waals surface area contributed by atoms with E-state index < -0.39 is 6.10 Å². The molecule has 1 aromatic rings. The Morgan fingerprint density at radius 2 is 2.04 bits per heavy atom. The van der Waals surface area contributed by atoms with Crippen molar-refractivity contribution in [3.05, 3.63) is 5.01 Å². The Hall–Kier alpha value is -1.25. The van der Waals surface area contributed by atoms with Gasteiger partial charge in [0.05, 0.1) is 12.7 Å². The standard InChI is InChI=1S/C16H26N4O3S/c21-13(10-23-9-11-6-7-11)8-17-15(22)18-16-20-19-14(24-16)12-4-2-1-3-5-12/h11-13,21H,1-10H2,(H2,17,18,20,22). The third-order valence-electron chi connectivity index (χ3n) is 4.47. The maximum Gasteiger partial charge on any atom is 0.321 e. The second-order valence-corrected chi connectivity index (χ2v) is 7.76. The first-order chi connectivity index (χ1) is 11.7. The van der Waals surface area contributed by atoms with Crippen molar-refractivity contribution in [3.63, 3.8) is 0 Å². The molecular weight excluding hydrogens is 328 g/mol. The summed E-state index contributed by atoms with van der Waals surface area (Å²) >= 11 is 1.44. The van der Waals surface area contributed by atoms with Crippen molar-refractivity contribution >= 4 is 22.5 Å². The maximum absolute atomic E-state index is 11.9. The van der Waals surface area contributed by atoms with Gasteiger partial charge < -0.3 is 15.2 Å². The zero-order valence-corrected chi connectivity index (χ0v) is 14.7. The third kappa shape index (κ3) is 5.68. The number of amides is 2. The molecule has 0 aliphatic heterocycles. The van der Waals surface area contributed by atoms with Crippen LogP contribution in [0.3, 0.4) is 0 Å². The molecule has 3 rings (SSSR count). The number of aromatic nitrogens is 2. The number of hydrogen-bond donors (Lipinski definition) is 3. The Bertz CT molecular complexity index is 529. The molecule has 0 aromatic carbocycles. The first kappa shape index (κ1) is 17.6. The van der Waals surface area contributed by atoms with E-state index in [1.54, 1.807) is 0 Å². The third-order valence-corrected chi connectivity index (χ3v) is 5.48. The molecule has 3 N–H and O–H groups in total. The topological polar surface area (TPSA) is 96.4 Å². The summed E-state index contributed by atoms with van der Waals surface area (Å²) in [4.78, 5) is 11.9. The van der Waals surface area contributed by atoms with E-state index in [0.717, 1.165) is 17.8 Å². The van der Waals surface area contributed by atoms with Crippen LogP contribution in [-0.4, -0.2) is 47.2 Å². The normalized spacial score (nSPS) is 19.9. The zero-order chi connectivity index (χ0) is 16.8. The number of urea groups is 1. The molecule has 24 heavy (non-hydrogen) atoms. The SMILES string of the molecule is O=C(NCC(O)COCC1CC1)Nc1nnc(C2CCCCC2)s1. The Balaban J connectivity index is 1.34. The van der Waals surface area contributed by atoms with Crippen LogP contribution in [0.4, 0.5) is 9.93 Å². The second-order valence-electron chi connectivity index (χ2n) is 6.75. The molecule has 1 aromatic heterocycles. The highest BCUT2D eigenvalue weighted by molar-refractivity contribution is 7.15. The number of carbonyl (C=O) groups excluding carboxylic acids is 1.